The van der Waals surface area contributed by atoms with E-state index in [1.807, 2.05) is 0 Å². The third kappa shape index (κ3) is 5.01. The van der Waals surface area contributed by atoms with Gasteiger partial charge in [0.25, 0.3) is 10.2 Å². The second-order valence-electron chi connectivity index (χ2n) is 7.60. The van der Waals surface area contributed by atoms with E-state index in [1.54, 1.807) is 43.5 Å². The molecule has 2 aromatic carbocycles. The molecule has 0 bridgehead atoms. The lowest BCUT2D eigenvalue weighted by molar-refractivity contribution is 0.181. The van der Waals surface area contributed by atoms with Gasteiger partial charge in [-0.25, -0.2) is 5.14 Å². The molecule has 11 heteroatoms. The van der Waals surface area contributed by atoms with Gasteiger partial charge >= 0.3 is 0 Å². The molecule has 3 aromatic rings. The lowest BCUT2D eigenvalue weighted by Crippen LogP contribution is -2.43. The highest BCUT2D eigenvalue weighted by Gasteiger charge is 2.26. The Morgan fingerprint density at radius 3 is 2.47 bits per heavy atom. The van der Waals surface area contributed by atoms with Crippen molar-refractivity contribution in [3.05, 3.63) is 42.6 Å². The van der Waals surface area contributed by atoms with Gasteiger partial charge in [0.1, 0.15) is 11.3 Å². The molecule has 0 aliphatic carbocycles. The van der Waals surface area contributed by atoms with E-state index in [0.717, 1.165) is 5.39 Å². The zero-order valence-corrected chi connectivity index (χ0v) is 18.4. The summed E-state index contributed by atoms with van der Waals surface area (Å²) in [7, 11) is -2.08. The van der Waals surface area contributed by atoms with Crippen molar-refractivity contribution in [2.75, 3.05) is 32.5 Å². The third-order valence-electron chi connectivity index (χ3n) is 5.40. The molecule has 1 aromatic heterocycles. The zero-order chi connectivity index (χ0) is 22.7. The normalized spacial score (nSPS) is 15.6. The largest absolute Gasteiger partial charge is 0.493 e. The van der Waals surface area contributed by atoms with Crippen molar-refractivity contribution in [1.82, 2.24) is 14.5 Å². The van der Waals surface area contributed by atoms with Gasteiger partial charge in [-0.1, -0.05) is 0 Å². The monoisotopic (exact) mass is 459 g/mol. The fourth-order valence-electron chi connectivity index (χ4n) is 3.60. The molecule has 0 atom stereocenters. The van der Waals surface area contributed by atoms with E-state index in [2.05, 4.69) is 10.2 Å². The van der Waals surface area contributed by atoms with Crippen LogP contribution >= 0.6 is 0 Å². The van der Waals surface area contributed by atoms with Crippen molar-refractivity contribution < 1.29 is 22.6 Å². The highest BCUT2D eigenvalue weighted by atomic mass is 32.2. The summed E-state index contributed by atoms with van der Waals surface area (Å²) >= 11 is 0. The van der Waals surface area contributed by atoms with Crippen LogP contribution in [0.4, 0.5) is 5.69 Å². The summed E-state index contributed by atoms with van der Waals surface area (Å²) in [6.45, 7) is 1.20. The molecule has 1 fully saturated rings. The molecule has 0 unspecified atom stereocenters. The van der Waals surface area contributed by atoms with Crippen LogP contribution in [-0.2, 0) is 10.2 Å². The van der Waals surface area contributed by atoms with E-state index >= 15 is 0 Å². The number of anilines is 1. The smallest absolute Gasteiger partial charge is 0.276 e. The molecule has 10 nitrogen and oxygen atoms in total. The summed E-state index contributed by atoms with van der Waals surface area (Å²) in [4.78, 5) is 0. The molecule has 4 N–H and O–H groups in total. The maximum Gasteiger partial charge on any atom is 0.276 e. The molecule has 32 heavy (non-hydrogen) atoms. The average Bonchev–Trinajstić information content (AvgIpc) is 2.78. The first-order valence-corrected chi connectivity index (χ1v) is 11.6. The fourth-order valence-corrected chi connectivity index (χ4v) is 4.32. The van der Waals surface area contributed by atoms with Crippen LogP contribution in [0.5, 0.6) is 23.0 Å². The standard InChI is InChI=1S/C21H25N5O5S/c1-29-19-10-17-18(25-24-12-21(17)31-16-4-2-15(22)3-5-16)11-20(19)30-13-14-6-8-26(9-7-14)32(23,27)28/h2-5,10-12,14H,6-9,13,22H2,1H3,(H2,23,27,28). The van der Waals surface area contributed by atoms with Gasteiger partial charge in [0.15, 0.2) is 17.2 Å². The molecule has 0 amide bonds. The highest BCUT2D eigenvalue weighted by Crippen LogP contribution is 2.37. The quantitative estimate of drug-likeness (QED) is 0.512. The third-order valence-corrected chi connectivity index (χ3v) is 6.49. The van der Waals surface area contributed by atoms with Crippen molar-refractivity contribution in [3.63, 3.8) is 0 Å². The average molecular weight is 460 g/mol. The topological polar surface area (TPSA) is 143 Å². The molecular weight excluding hydrogens is 434 g/mol. The number of nitrogens with zero attached hydrogens (tertiary/aromatic N) is 3. The lowest BCUT2D eigenvalue weighted by Gasteiger charge is -2.29. The Labute approximate surface area is 186 Å². The Bertz CT molecular complexity index is 1200. The Morgan fingerprint density at radius 1 is 1.09 bits per heavy atom. The van der Waals surface area contributed by atoms with Crippen molar-refractivity contribution in [2.24, 2.45) is 11.1 Å². The van der Waals surface area contributed by atoms with Crippen LogP contribution < -0.4 is 25.1 Å². The van der Waals surface area contributed by atoms with Crippen LogP contribution in [0.2, 0.25) is 0 Å². The number of benzene rings is 2. The predicted molar refractivity (Wildman–Crippen MR) is 120 cm³/mol. The first kappa shape index (κ1) is 22.1. The molecule has 1 aliphatic rings. The maximum absolute atomic E-state index is 11.5. The SMILES string of the molecule is COc1cc2c(Oc3ccc(N)cc3)cnnc2cc1OCC1CCN(S(N)(=O)=O)CC1. The van der Waals surface area contributed by atoms with Gasteiger partial charge in [-0.05, 0) is 49.1 Å². The lowest BCUT2D eigenvalue weighted by atomic mass is 9.99. The van der Waals surface area contributed by atoms with E-state index in [0.29, 0.717) is 66.7 Å². The zero-order valence-electron chi connectivity index (χ0n) is 17.6. The minimum Gasteiger partial charge on any atom is -0.493 e. The van der Waals surface area contributed by atoms with E-state index in [1.165, 1.54) is 10.5 Å². The molecule has 0 radical (unpaired) electrons. The van der Waals surface area contributed by atoms with E-state index in [4.69, 9.17) is 25.1 Å². The molecular formula is C21H25N5O5S. The number of hydrogen-bond donors (Lipinski definition) is 2. The number of rotatable bonds is 7. The fraction of sp³-hybridized carbons (Fsp3) is 0.333. The van der Waals surface area contributed by atoms with Crippen LogP contribution in [0.25, 0.3) is 10.9 Å². The second kappa shape index (κ2) is 9.15. The van der Waals surface area contributed by atoms with Gasteiger partial charge in [-0.15, -0.1) is 0 Å². The number of fused-ring (bicyclic) bond motifs is 1. The molecule has 0 spiro atoms. The first-order chi connectivity index (χ1) is 15.3. The van der Waals surface area contributed by atoms with E-state index < -0.39 is 10.2 Å². The van der Waals surface area contributed by atoms with Gasteiger partial charge in [-0.3, -0.25) is 0 Å². The van der Waals surface area contributed by atoms with Gasteiger partial charge in [0, 0.05) is 24.8 Å². The van der Waals surface area contributed by atoms with Crippen molar-refractivity contribution in [1.29, 1.82) is 0 Å². The number of nitrogen functional groups attached to an aromatic ring is 1. The summed E-state index contributed by atoms with van der Waals surface area (Å²) in [6.07, 6.45) is 2.88. The predicted octanol–water partition coefficient (Wildman–Crippen LogP) is 2.31. The molecule has 1 aliphatic heterocycles. The number of hydrogen-bond acceptors (Lipinski definition) is 8. The van der Waals surface area contributed by atoms with Crippen LogP contribution in [-0.4, -0.2) is 49.7 Å². The summed E-state index contributed by atoms with van der Waals surface area (Å²) < 4.78 is 41.7. The van der Waals surface area contributed by atoms with Crippen molar-refractivity contribution in [3.8, 4) is 23.0 Å². The number of methoxy groups -OCH3 is 1. The van der Waals surface area contributed by atoms with Crippen LogP contribution in [0.15, 0.2) is 42.6 Å². The van der Waals surface area contributed by atoms with E-state index in [9.17, 15) is 8.42 Å². The summed E-state index contributed by atoms with van der Waals surface area (Å²) in [6, 6.07) is 10.6. The second-order valence-corrected chi connectivity index (χ2v) is 9.14. The summed E-state index contributed by atoms with van der Waals surface area (Å²) in [5.41, 5.74) is 6.97. The number of piperidine rings is 1. The van der Waals surface area contributed by atoms with Gasteiger partial charge in [0.2, 0.25) is 0 Å². The first-order valence-electron chi connectivity index (χ1n) is 10.1. The summed E-state index contributed by atoms with van der Waals surface area (Å²) in [5, 5.41) is 14.2. The van der Waals surface area contributed by atoms with Crippen LogP contribution in [0.3, 0.4) is 0 Å². The molecule has 1 saturated heterocycles. The Hall–Kier alpha value is -3.15. The Morgan fingerprint density at radius 2 is 1.81 bits per heavy atom. The van der Waals surface area contributed by atoms with Gasteiger partial charge in [0.05, 0.1) is 25.3 Å². The summed E-state index contributed by atoms with van der Waals surface area (Å²) in [5.74, 6) is 2.43. The maximum atomic E-state index is 11.5. The molecule has 2 heterocycles. The highest BCUT2D eigenvalue weighted by molar-refractivity contribution is 7.86. The van der Waals surface area contributed by atoms with Gasteiger partial charge < -0.3 is 19.9 Å². The number of nitrogens with two attached hydrogens (primary N) is 2. The van der Waals surface area contributed by atoms with Gasteiger partial charge in [-0.2, -0.15) is 22.9 Å². The number of aromatic nitrogens is 2. The molecule has 170 valence electrons. The Balaban J connectivity index is 1.50. The van der Waals surface area contributed by atoms with Crippen LogP contribution in [0, 0.1) is 5.92 Å². The van der Waals surface area contributed by atoms with Crippen LogP contribution in [0.1, 0.15) is 12.8 Å². The molecule has 0 saturated carbocycles. The molecule has 4 rings (SSSR count). The number of ether oxygens (including phenoxy) is 3. The van der Waals surface area contributed by atoms with Crippen molar-refractivity contribution in [2.45, 2.75) is 12.8 Å². The minimum absolute atomic E-state index is 0.208. The van der Waals surface area contributed by atoms with Crippen molar-refractivity contribution >= 4 is 26.8 Å². The minimum atomic E-state index is -3.64. The van der Waals surface area contributed by atoms with E-state index in [-0.39, 0.29) is 5.92 Å². The Kier molecular flexibility index (Phi) is 6.31.